The van der Waals surface area contributed by atoms with Crippen LogP contribution in [0.1, 0.15) is 144 Å². The zero-order chi connectivity index (χ0) is 39.1. The van der Waals surface area contributed by atoms with Crippen LogP contribution in [-0.4, -0.2) is 95.2 Å². The first-order valence-corrected chi connectivity index (χ1v) is 19.7. The molecule has 4 atom stereocenters. The quantitative estimate of drug-likeness (QED) is 0.0682. The van der Waals surface area contributed by atoms with Crippen molar-refractivity contribution in [1.82, 2.24) is 31.5 Å². The zero-order valence-electron chi connectivity index (χ0n) is 32.7. The Morgan fingerprint density at radius 1 is 0.673 bits per heavy atom. The molecule has 0 aromatic carbocycles. The van der Waals surface area contributed by atoms with Gasteiger partial charge in [0.15, 0.2) is 0 Å². The van der Waals surface area contributed by atoms with E-state index in [2.05, 4.69) is 33.5 Å². The number of unbranched alkanes of at least 4 members (excludes halogenated alkanes) is 12. The van der Waals surface area contributed by atoms with E-state index in [4.69, 9.17) is 5.11 Å². The molecule has 1 aliphatic rings. The van der Waals surface area contributed by atoms with Crippen LogP contribution in [0.3, 0.4) is 0 Å². The fourth-order valence-corrected chi connectivity index (χ4v) is 6.37. The number of hydrogen-bond acceptors (Lipinski definition) is 8. The molecule has 14 heteroatoms. The Labute approximate surface area is 311 Å². The first kappa shape index (κ1) is 46.5. The van der Waals surface area contributed by atoms with Crippen molar-refractivity contribution < 1.29 is 38.7 Å². The molecule has 0 radical (unpaired) electrons. The van der Waals surface area contributed by atoms with Gasteiger partial charge in [-0.3, -0.25) is 44.2 Å². The standard InChI is InChI=1S/C38H68N6O8/c1-7-8-9-10-11-12-13-14-15-16-17-18-19-22-30(45)43-36(50)33(26(2)3)39-24-31(46)42-34(27(4)5)37(51)41-28(6)38(52)44-23-20-21-29(44)35(49)40-25-32(47)48/h26-29,33-34,39H,7-25H2,1-6H3,(H,40,49)(H,41,51)(H,42,46)(H,47,48)(H,43,45,50)/t28-,29-,33-,34-/m0/s1. The lowest BCUT2D eigenvalue weighted by Gasteiger charge is -2.29. The molecule has 1 saturated heterocycles. The number of amides is 6. The van der Waals surface area contributed by atoms with Gasteiger partial charge in [0, 0.05) is 13.0 Å². The van der Waals surface area contributed by atoms with Crippen molar-refractivity contribution in [2.75, 3.05) is 19.6 Å². The van der Waals surface area contributed by atoms with Crippen molar-refractivity contribution >= 4 is 41.4 Å². The van der Waals surface area contributed by atoms with Crippen molar-refractivity contribution in [2.45, 2.75) is 168 Å². The van der Waals surface area contributed by atoms with Gasteiger partial charge in [0.2, 0.25) is 35.4 Å². The number of carboxylic acid groups (broad SMARTS) is 1. The van der Waals surface area contributed by atoms with Gasteiger partial charge in [0.1, 0.15) is 24.7 Å². The summed E-state index contributed by atoms with van der Waals surface area (Å²) in [5.74, 6) is -4.82. The molecule has 0 aromatic rings. The van der Waals surface area contributed by atoms with Gasteiger partial charge in [-0.2, -0.15) is 0 Å². The molecule has 1 heterocycles. The average Bonchev–Trinajstić information content (AvgIpc) is 3.57. The Balaban J connectivity index is 2.48. The van der Waals surface area contributed by atoms with E-state index in [1.165, 1.54) is 69.6 Å². The molecule has 1 rings (SSSR count). The Hall–Kier alpha value is -3.55. The second kappa shape index (κ2) is 26.3. The van der Waals surface area contributed by atoms with E-state index in [9.17, 15) is 33.6 Å². The summed E-state index contributed by atoms with van der Waals surface area (Å²) in [6, 6.07) is -3.65. The van der Waals surface area contributed by atoms with Crippen LogP contribution < -0.4 is 26.6 Å². The summed E-state index contributed by atoms with van der Waals surface area (Å²) in [7, 11) is 0. The van der Waals surface area contributed by atoms with Crippen LogP contribution in [0.5, 0.6) is 0 Å². The molecule has 1 aliphatic heterocycles. The van der Waals surface area contributed by atoms with E-state index >= 15 is 0 Å². The number of nitrogens with zero attached hydrogens (tertiary/aromatic N) is 1. The van der Waals surface area contributed by atoms with Crippen LogP contribution in [0.25, 0.3) is 0 Å². The number of rotatable bonds is 27. The number of carbonyl (C=O) groups is 7. The number of imide groups is 1. The monoisotopic (exact) mass is 737 g/mol. The second-order valence-corrected chi connectivity index (χ2v) is 14.8. The van der Waals surface area contributed by atoms with Crippen LogP contribution in [-0.2, 0) is 33.6 Å². The Morgan fingerprint density at radius 2 is 1.21 bits per heavy atom. The maximum atomic E-state index is 13.2. The second-order valence-electron chi connectivity index (χ2n) is 14.8. The minimum Gasteiger partial charge on any atom is -0.480 e. The number of likely N-dealkylation sites (tertiary alicyclic amines) is 1. The van der Waals surface area contributed by atoms with Gasteiger partial charge in [-0.25, -0.2) is 0 Å². The van der Waals surface area contributed by atoms with Crippen LogP contribution in [0.15, 0.2) is 0 Å². The largest absolute Gasteiger partial charge is 0.480 e. The van der Waals surface area contributed by atoms with E-state index in [1.54, 1.807) is 27.7 Å². The Morgan fingerprint density at radius 3 is 1.73 bits per heavy atom. The third-order valence-electron chi connectivity index (χ3n) is 9.45. The number of carbonyl (C=O) groups excluding carboxylic acids is 6. The molecule has 0 bridgehead atoms. The van der Waals surface area contributed by atoms with Crippen molar-refractivity contribution in [3.05, 3.63) is 0 Å². The average molecular weight is 737 g/mol. The first-order chi connectivity index (χ1) is 24.7. The number of nitrogens with one attached hydrogen (secondary N) is 5. The van der Waals surface area contributed by atoms with E-state index in [0.29, 0.717) is 19.3 Å². The summed E-state index contributed by atoms with van der Waals surface area (Å²) < 4.78 is 0. The first-order valence-electron chi connectivity index (χ1n) is 19.7. The van der Waals surface area contributed by atoms with Crippen molar-refractivity contribution in [3.8, 4) is 0 Å². The van der Waals surface area contributed by atoms with E-state index < -0.39 is 66.2 Å². The lowest BCUT2D eigenvalue weighted by Crippen LogP contribution is -2.58. The van der Waals surface area contributed by atoms with E-state index in [0.717, 1.165) is 19.3 Å². The maximum absolute atomic E-state index is 13.2. The summed E-state index contributed by atoms with van der Waals surface area (Å²) in [5.41, 5.74) is 0. The molecule has 0 saturated carbocycles. The summed E-state index contributed by atoms with van der Waals surface area (Å²) >= 11 is 0. The van der Waals surface area contributed by atoms with Crippen LogP contribution >= 0.6 is 0 Å². The van der Waals surface area contributed by atoms with Crippen molar-refractivity contribution in [1.29, 1.82) is 0 Å². The van der Waals surface area contributed by atoms with Gasteiger partial charge in [-0.1, -0.05) is 112 Å². The number of hydrogen-bond donors (Lipinski definition) is 6. The van der Waals surface area contributed by atoms with E-state index in [1.807, 2.05) is 0 Å². The molecule has 0 aromatic heterocycles. The highest BCUT2D eigenvalue weighted by molar-refractivity contribution is 5.98. The highest BCUT2D eigenvalue weighted by Gasteiger charge is 2.37. The molecule has 52 heavy (non-hydrogen) atoms. The molecule has 298 valence electrons. The highest BCUT2D eigenvalue weighted by atomic mass is 16.4. The normalized spacial score (nSPS) is 15.9. The highest BCUT2D eigenvalue weighted by Crippen LogP contribution is 2.19. The molecule has 0 spiro atoms. The predicted octanol–water partition coefficient (Wildman–Crippen LogP) is 3.56. The molecule has 6 N–H and O–H groups in total. The molecular weight excluding hydrogens is 668 g/mol. The fraction of sp³-hybridized carbons (Fsp3) is 0.816. The van der Waals surface area contributed by atoms with Gasteiger partial charge < -0.3 is 26.0 Å². The van der Waals surface area contributed by atoms with Gasteiger partial charge in [-0.05, 0) is 38.0 Å². The van der Waals surface area contributed by atoms with E-state index in [-0.39, 0.29) is 37.3 Å². The summed E-state index contributed by atoms with van der Waals surface area (Å²) in [5, 5.41) is 21.8. The number of carboxylic acids is 1. The third kappa shape index (κ3) is 18.8. The molecule has 0 unspecified atom stereocenters. The Bertz CT molecular complexity index is 1150. The van der Waals surface area contributed by atoms with Crippen LogP contribution in [0.4, 0.5) is 0 Å². The van der Waals surface area contributed by atoms with Gasteiger partial charge >= 0.3 is 5.97 Å². The molecular formula is C38H68N6O8. The minimum absolute atomic E-state index is 0.228. The van der Waals surface area contributed by atoms with Gasteiger partial charge in [0.05, 0.1) is 12.6 Å². The van der Waals surface area contributed by atoms with Crippen molar-refractivity contribution in [3.63, 3.8) is 0 Å². The zero-order valence-corrected chi connectivity index (χ0v) is 32.7. The maximum Gasteiger partial charge on any atom is 0.322 e. The van der Waals surface area contributed by atoms with Crippen molar-refractivity contribution in [2.24, 2.45) is 11.8 Å². The third-order valence-corrected chi connectivity index (χ3v) is 9.45. The molecule has 14 nitrogen and oxygen atoms in total. The minimum atomic E-state index is -1.20. The summed E-state index contributed by atoms with van der Waals surface area (Å²) in [6.45, 7) is 10.2. The predicted molar refractivity (Wildman–Crippen MR) is 200 cm³/mol. The lowest BCUT2D eigenvalue weighted by molar-refractivity contribution is -0.142. The molecule has 6 amide bonds. The van der Waals surface area contributed by atoms with Gasteiger partial charge in [0.25, 0.3) is 0 Å². The topological polar surface area (TPSA) is 203 Å². The number of aliphatic carboxylic acids is 1. The fourth-order valence-electron chi connectivity index (χ4n) is 6.37. The summed E-state index contributed by atoms with van der Waals surface area (Å²) in [6.07, 6.45) is 16.8. The SMILES string of the molecule is CCCCCCCCCCCCCCCC(=O)NC(=O)[C@@H](NCC(=O)N[C@H](C(=O)N[C@@H](C)C(=O)N1CCC[C@H]1C(=O)NCC(=O)O)C(C)C)C(C)C. The van der Waals surface area contributed by atoms with Crippen LogP contribution in [0.2, 0.25) is 0 Å². The molecule has 0 aliphatic carbocycles. The summed E-state index contributed by atoms with van der Waals surface area (Å²) in [4.78, 5) is 89.3. The van der Waals surface area contributed by atoms with Gasteiger partial charge in [-0.15, -0.1) is 0 Å². The lowest BCUT2D eigenvalue weighted by atomic mass is 10.0. The smallest absolute Gasteiger partial charge is 0.322 e. The van der Waals surface area contributed by atoms with Crippen LogP contribution in [0, 0.1) is 11.8 Å². The Kier molecular flexibility index (Phi) is 23.5. The molecule has 1 fully saturated rings.